The summed E-state index contributed by atoms with van der Waals surface area (Å²) >= 11 is 3.25. The summed E-state index contributed by atoms with van der Waals surface area (Å²) in [5.41, 5.74) is 5.48. The first kappa shape index (κ1) is 13.9. The molecule has 2 rings (SSSR count). The minimum Gasteiger partial charge on any atom is -0.453 e. The van der Waals surface area contributed by atoms with Crippen LogP contribution in [0.1, 0.15) is 5.69 Å². The van der Waals surface area contributed by atoms with Crippen molar-refractivity contribution in [1.29, 1.82) is 5.41 Å². The Morgan fingerprint density at radius 2 is 2.15 bits per heavy atom. The van der Waals surface area contributed by atoms with Gasteiger partial charge in [-0.1, -0.05) is 0 Å². The number of ether oxygens (including phenoxy) is 1. The lowest BCUT2D eigenvalue weighted by atomic mass is 10.3. The number of non-ortho nitro benzene ring substituents is 1. The molecule has 8 heteroatoms. The van der Waals surface area contributed by atoms with E-state index in [1.165, 1.54) is 24.4 Å². The lowest BCUT2D eigenvalue weighted by molar-refractivity contribution is -0.384. The second kappa shape index (κ2) is 5.66. The van der Waals surface area contributed by atoms with Crippen molar-refractivity contribution in [2.75, 3.05) is 0 Å². The van der Waals surface area contributed by atoms with E-state index in [9.17, 15) is 10.1 Å². The van der Waals surface area contributed by atoms with Crippen LogP contribution in [0.15, 0.2) is 41.0 Å². The van der Waals surface area contributed by atoms with E-state index in [0.717, 1.165) is 0 Å². The molecule has 0 aliphatic heterocycles. The molecule has 0 atom stereocenters. The Bertz CT molecular complexity index is 690. The summed E-state index contributed by atoms with van der Waals surface area (Å²) in [6, 6.07) is 7.34. The van der Waals surface area contributed by atoms with E-state index in [4.69, 9.17) is 15.9 Å². The molecule has 0 saturated heterocycles. The number of nitro benzene ring substituents is 1. The summed E-state index contributed by atoms with van der Waals surface area (Å²) in [6.07, 6.45) is 1.48. The highest BCUT2D eigenvalue weighted by atomic mass is 79.9. The molecular formula is C12H9BrN4O3. The van der Waals surface area contributed by atoms with Crippen LogP contribution in [0, 0.1) is 15.5 Å². The van der Waals surface area contributed by atoms with Crippen molar-refractivity contribution in [3.63, 3.8) is 0 Å². The first-order valence-corrected chi connectivity index (χ1v) is 6.19. The minimum atomic E-state index is -0.519. The summed E-state index contributed by atoms with van der Waals surface area (Å²) in [7, 11) is 0. The molecule has 0 amide bonds. The second-order valence-electron chi connectivity index (χ2n) is 3.74. The molecule has 0 aliphatic rings. The number of benzene rings is 1. The van der Waals surface area contributed by atoms with Crippen molar-refractivity contribution in [2.45, 2.75) is 0 Å². The molecule has 0 bridgehead atoms. The van der Waals surface area contributed by atoms with Gasteiger partial charge in [0.1, 0.15) is 17.3 Å². The van der Waals surface area contributed by atoms with Crippen molar-refractivity contribution >= 4 is 27.5 Å². The monoisotopic (exact) mass is 336 g/mol. The van der Waals surface area contributed by atoms with Crippen LogP contribution in [0.5, 0.6) is 11.5 Å². The Balaban J connectivity index is 2.42. The van der Waals surface area contributed by atoms with Crippen LogP contribution in [0.3, 0.4) is 0 Å². The van der Waals surface area contributed by atoms with Crippen molar-refractivity contribution in [3.05, 3.63) is 56.8 Å². The molecule has 20 heavy (non-hydrogen) atoms. The Morgan fingerprint density at radius 3 is 2.80 bits per heavy atom. The zero-order chi connectivity index (χ0) is 14.7. The van der Waals surface area contributed by atoms with Crippen LogP contribution in [0.25, 0.3) is 0 Å². The maximum Gasteiger partial charge on any atom is 0.273 e. The predicted octanol–water partition coefficient (Wildman–Crippen LogP) is 2.83. The zero-order valence-corrected chi connectivity index (χ0v) is 11.6. The SMILES string of the molecule is N=C(N)c1ncccc1Oc1cc([N+](=O)[O-])ccc1Br. The molecule has 0 unspecified atom stereocenters. The van der Waals surface area contributed by atoms with Crippen LogP contribution in [-0.4, -0.2) is 15.7 Å². The Labute approximate surface area is 122 Å². The van der Waals surface area contributed by atoms with Crippen LogP contribution in [0.4, 0.5) is 5.69 Å². The number of pyridine rings is 1. The van der Waals surface area contributed by atoms with Gasteiger partial charge < -0.3 is 10.5 Å². The highest BCUT2D eigenvalue weighted by Crippen LogP contribution is 2.33. The maximum absolute atomic E-state index is 10.8. The number of aromatic nitrogens is 1. The molecule has 0 spiro atoms. The lowest BCUT2D eigenvalue weighted by Crippen LogP contribution is -2.14. The number of nitro groups is 1. The zero-order valence-electron chi connectivity index (χ0n) is 10.0. The summed E-state index contributed by atoms with van der Waals surface area (Å²) in [5, 5.41) is 18.2. The molecule has 0 radical (unpaired) electrons. The topological polar surface area (TPSA) is 115 Å². The molecule has 0 saturated carbocycles. The molecule has 1 aromatic heterocycles. The molecule has 3 N–H and O–H groups in total. The number of nitrogens with zero attached hydrogens (tertiary/aromatic N) is 2. The van der Waals surface area contributed by atoms with Gasteiger partial charge in [-0.25, -0.2) is 4.98 Å². The number of nitrogens with one attached hydrogen (secondary N) is 1. The Morgan fingerprint density at radius 1 is 1.40 bits per heavy atom. The van der Waals surface area contributed by atoms with E-state index in [1.54, 1.807) is 12.1 Å². The summed E-state index contributed by atoms with van der Waals surface area (Å²) < 4.78 is 6.10. The van der Waals surface area contributed by atoms with Gasteiger partial charge in [0.05, 0.1) is 15.5 Å². The van der Waals surface area contributed by atoms with E-state index in [0.29, 0.717) is 4.47 Å². The maximum atomic E-state index is 10.8. The van der Waals surface area contributed by atoms with Crippen LogP contribution < -0.4 is 10.5 Å². The first-order valence-electron chi connectivity index (χ1n) is 5.40. The average Bonchev–Trinajstić information content (AvgIpc) is 2.41. The molecule has 7 nitrogen and oxygen atoms in total. The normalized spacial score (nSPS) is 10.1. The fourth-order valence-electron chi connectivity index (χ4n) is 1.48. The van der Waals surface area contributed by atoms with Crippen LogP contribution >= 0.6 is 15.9 Å². The minimum absolute atomic E-state index is 0.100. The quantitative estimate of drug-likeness (QED) is 0.385. The highest BCUT2D eigenvalue weighted by molar-refractivity contribution is 9.10. The largest absolute Gasteiger partial charge is 0.453 e. The third-order valence-corrected chi connectivity index (χ3v) is 3.03. The van der Waals surface area contributed by atoms with E-state index in [-0.39, 0.29) is 28.7 Å². The fourth-order valence-corrected chi connectivity index (χ4v) is 1.81. The van der Waals surface area contributed by atoms with Crippen molar-refractivity contribution < 1.29 is 9.66 Å². The second-order valence-corrected chi connectivity index (χ2v) is 4.59. The van der Waals surface area contributed by atoms with Crippen LogP contribution in [0.2, 0.25) is 0 Å². The van der Waals surface area contributed by atoms with Crippen molar-refractivity contribution in [3.8, 4) is 11.5 Å². The summed E-state index contributed by atoms with van der Waals surface area (Å²) in [6.45, 7) is 0. The number of halogens is 1. The van der Waals surface area contributed by atoms with Gasteiger partial charge >= 0.3 is 0 Å². The Hall–Kier alpha value is -2.48. The van der Waals surface area contributed by atoms with Gasteiger partial charge in [0.25, 0.3) is 5.69 Å². The number of nitrogens with two attached hydrogens (primary N) is 1. The fraction of sp³-hybridized carbons (Fsp3) is 0. The molecule has 1 aromatic carbocycles. The predicted molar refractivity (Wildman–Crippen MR) is 76.1 cm³/mol. The molecule has 1 heterocycles. The Kier molecular flexibility index (Phi) is 3.94. The molecule has 0 fully saturated rings. The number of hydrogen-bond donors (Lipinski definition) is 2. The molecule has 0 aliphatic carbocycles. The van der Waals surface area contributed by atoms with E-state index in [2.05, 4.69) is 20.9 Å². The number of hydrogen-bond acceptors (Lipinski definition) is 5. The van der Waals surface area contributed by atoms with Gasteiger partial charge in [0, 0.05) is 12.3 Å². The standard InChI is InChI=1S/C12H9BrN4O3/c13-8-4-3-7(17(18)19)6-10(8)20-9-2-1-5-16-11(9)12(14)15/h1-6H,(H3,14,15). The van der Waals surface area contributed by atoms with Gasteiger partial charge in [0.15, 0.2) is 5.75 Å². The first-order chi connectivity index (χ1) is 9.49. The molecular weight excluding hydrogens is 328 g/mol. The molecule has 102 valence electrons. The van der Waals surface area contributed by atoms with E-state index < -0.39 is 4.92 Å². The van der Waals surface area contributed by atoms with E-state index >= 15 is 0 Å². The third-order valence-electron chi connectivity index (χ3n) is 2.37. The van der Waals surface area contributed by atoms with Gasteiger partial charge in [-0.2, -0.15) is 0 Å². The van der Waals surface area contributed by atoms with Crippen molar-refractivity contribution in [2.24, 2.45) is 5.73 Å². The van der Waals surface area contributed by atoms with Gasteiger partial charge in [-0.05, 0) is 34.1 Å². The van der Waals surface area contributed by atoms with E-state index in [1.807, 2.05) is 0 Å². The highest BCUT2D eigenvalue weighted by Gasteiger charge is 2.14. The lowest BCUT2D eigenvalue weighted by Gasteiger charge is -2.10. The van der Waals surface area contributed by atoms with Gasteiger partial charge in [-0.3, -0.25) is 15.5 Å². The average molecular weight is 337 g/mol. The molecule has 2 aromatic rings. The van der Waals surface area contributed by atoms with Gasteiger partial charge in [-0.15, -0.1) is 0 Å². The van der Waals surface area contributed by atoms with Gasteiger partial charge in [0.2, 0.25) is 0 Å². The summed E-state index contributed by atoms with van der Waals surface area (Å²) in [5.74, 6) is 0.248. The third kappa shape index (κ3) is 2.91. The number of amidine groups is 1. The van der Waals surface area contributed by atoms with Crippen molar-refractivity contribution in [1.82, 2.24) is 4.98 Å². The number of nitrogen functional groups attached to an aromatic ring is 1. The number of rotatable bonds is 4. The smallest absolute Gasteiger partial charge is 0.273 e. The van der Waals surface area contributed by atoms with Crippen LogP contribution in [-0.2, 0) is 0 Å². The summed E-state index contributed by atoms with van der Waals surface area (Å²) in [4.78, 5) is 14.2.